The van der Waals surface area contributed by atoms with Crippen molar-refractivity contribution in [3.63, 3.8) is 0 Å². The largest absolute Gasteiger partial charge is 0.394 e. The summed E-state index contributed by atoms with van der Waals surface area (Å²) >= 11 is 0. The van der Waals surface area contributed by atoms with E-state index in [9.17, 15) is 9.90 Å². The van der Waals surface area contributed by atoms with Crippen LogP contribution >= 0.6 is 0 Å². The minimum absolute atomic E-state index is 0.187. The van der Waals surface area contributed by atoms with Crippen LogP contribution in [-0.2, 0) is 6.42 Å². The summed E-state index contributed by atoms with van der Waals surface area (Å²) in [7, 11) is 0. The van der Waals surface area contributed by atoms with E-state index in [1.807, 2.05) is 24.3 Å². The Labute approximate surface area is 145 Å². The van der Waals surface area contributed by atoms with Crippen molar-refractivity contribution in [1.82, 2.24) is 15.5 Å². The Kier molecular flexibility index (Phi) is 4.81. The van der Waals surface area contributed by atoms with Gasteiger partial charge in [0, 0.05) is 5.69 Å². The lowest BCUT2D eigenvalue weighted by Crippen LogP contribution is -2.31. The van der Waals surface area contributed by atoms with E-state index in [0.717, 1.165) is 12.0 Å². The third-order valence-corrected chi connectivity index (χ3v) is 4.27. The zero-order valence-electron chi connectivity index (χ0n) is 14.5. The highest BCUT2D eigenvalue weighted by Crippen LogP contribution is 2.23. The van der Waals surface area contributed by atoms with E-state index in [1.54, 1.807) is 19.9 Å². The van der Waals surface area contributed by atoms with Gasteiger partial charge in [-0.25, -0.2) is 4.98 Å². The predicted octanol–water partition coefficient (Wildman–Crippen LogP) is 2.87. The van der Waals surface area contributed by atoms with Crippen LogP contribution in [0.3, 0.4) is 0 Å². The number of hydrogen-bond acceptors (Lipinski definition) is 5. The highest BCUT2D eigenvalue weighted by Gasteiger charge is 2.21. The molecule has 130 valence electrons. The van der Waals surface area contributed by atoms with Crippen molar-refractivity contribution >= 4 is 17.0 Å². The molecule has 0 aliphatic rings. The predicted molar refractivity (Wildman–Crippen MR) is 94.4 cm³/mol. The molecular formula is C19H21N3O3. The third kappa shape index (κ3) is 3.39. The maximum atomic E-state index is 12.8. The summed E-state index contributed by atoms with van der Waals surface area (Å²) < 4.78 is 5.17. The lowest BCUT2D eigenvalue weighted by Gasteiger charge is -2.17. The van der Waals surface area contributed by atoms with E-state index >= 15 is 0 Å². The Morgan fingerprint density at radius 2 is 2.00 bits per heavy atom. The number of aryl methyl sites for hydroxylation is 3. The van der Waals surface area contributed by atoms with Crippen molar-refractivity contribution in [2.24, 2.45) is 0 Å². The molecule has 2 N–H and O–H groups in total. The zero-order chi connectivity index (χ0) is 18.0. The molecule has 0 spiro atoms. The number of aromatic nitrogens is 2. The number of nitrogens with zero attached hydrogens (tertiary/aromatic N) is 2. The number of fused-ring (bicyclic) bond motifs is 1. The number of hydrogen-bond donors (Lipinski definition) is 2. The first-order chi connectivity index (χ1) is 12.0. The molecule has 0 saturated heterocycles. The SMILES string of the molecule is CCc1ccc(C(CO)NC(=O)c2cc(C)nc3onc(C)c23)cc1. The Hall–Kier alpha value is -2.73. The van der Waals surface area contributed by atoms with Gasteiger partial charge in [0.15, 0.2) is 0 Å². The number of aliphatic hydroxyl groups is 1. The molecule has 0 radical (unpaired) electrons. The number of rotatable bonds is 5. The van der Waals surface area contributed by atoms with Crippen LogP contribution in [0.2, 0.25) is 0 Å². The lowest BCUT2D eigenvalue weighted by atomic mass is 10.0. The van der Waals surface area contributed by atoms with Crippen molar-refractivity contribution in [2.45, 2.75) is 33.2 Å². The molecule has 0 fully saturated rings. The van der Waals surface area contributed by atoms with Crippen molar-refractivity contribution in [1.29, 1.82) is 0 Å². The van der Waals surface area contributed by atoms with Crippen LogP contribution in [0.4, 0.5) is 0 Å². The van der Waals surface area contributed by atoms with Gasteiger partial charge in [-0.15, -0.1) is 0 Å². The van der Waals surface area contributed by atoms with E-state index in [-0.39, 0.29) is 12.5 Å². The van der Waals surface area contributed by atoms with Crippen LogP contribution in [0.1, 0.15) is 45.8 Å². The second kappa shape index (κ2) is 7.03. The third-order valence-electron chi connectivity index (χ3n) is 4.27. The van der Waals surface area contributed by atoms with E-state index in [1.165, 1.54) is 5.56 Å². The summed E-state index contributed by atoms with van der Waals surface area (Å²) in [5.41, 5.74) is 4.14. The summed E-state index contributed by atoms with van der Waals surface area (Å²) in [5.74, 6) is -0.291. The van der Waals surface area contributed by atoms with Crippen LogP contribution < -0.4 is 5.32 Å². The van der Waals surface area contributed by atoms with Crippen molar-refractivity contribution in [3.8, 4) is 0 Å². The van der Waals surface area contributed by atoms with Gasteiger partial charge in [-0.05, 0) is 37.5 Å². The Balaban J connectivity index is 1.91. The first-order valence-corrected chi connectivity index (χ1v) is 8.27. The fourth-order valence-corrected chi connectivity index (χ4v) is 2.85. The Morgan fingerprint density at radius 3 is 2.64 bits per heavy atom. The summed E-state index contributed by atoms with van der Waals surface area (Å²) in [6.45, 7) is 5.46. The topological polar surface area (TPSA) is 88.2 Å². The second-order valence-corrected chi connectivity index (χ2v) is 6.06. The van der Waals surface area contributed by atoms with E-state index < -0.39 is 6.04 Å². The first kappa shape index (κ1) is 17.1. The molecule has 3 rings (SSSR count). The molecule has 1 unspecified atom stereocenters. The van der Waals surface area contributed by atoms with Gasteiger partial charge >= 0.3 is 0 Å². The van der Waals surface area contributed by atoms with Gasteiger partial charge in [0.05, 0.1) is 29.3 Å². The fourth-order valence-electron chi connectivity index (χ4n) is 2.85. The average molecular weight is 339 g/mol. The van der Waals surface area contributed by atoms with Gasteiger partial charge in [-0.2, -0.15) is 0 Å². The van der Waals surface area contributed by atoms with Crippen LogP contribution in [0.25, 0.3) is 11.1 Å². The molecule has 0 aliphatic carbocycles. The standard InChI is InChI=1S/C19H21N3O3/c1-4-13-5-7-14(8-6-13)16(10-23)21-18(24)15-9-11(2)20-19-17(15)12(3)22-25-19/h5-9,16,23H,4,10H2,1-3H3,(H,21,24). The molecule has 2 aromatic heterocycles. The van der Waals surface area contributed by atoms with Crippen molar-refractivity contribution in [3.05, 3.63) is 58.4 Å². The van der Waals surface area contributed by atoms with Gasteiger partial charge in [0.25, 0.3) is 11.6 Å². The fraction of sp³-hybridized carbons (Fsp3) is 0.316. The highest BCUT2D eigenvalue weighted by molar-refractivity contribution is 6.06. The second-order valence-electron chi connectivity index (χ2n) is 6.06. The maximum absolute atomic E-state index is 12.8. The zero-order valence-corrected chi connectivity index (χ0v) is 14.5. The molecule has 25 heavy (non-hydrogen) atoms. The van der Waals surface area contributed by atoms with Gasteiger partial charge in [0.1, 0.15) is 0 Å². The van der Waals surface area contributed by atoms with E-state index in [0.29, 0.717) is 28.1 Å². The minimum atomic E-state index is -0.484. The average Bonchev–Trinajstić information content (AvgIpc) is 2.99. The minimum Gasteiger partial charge on any atom is -0.394 e. The number of aliphatic hydroxyl groups excluding tert-OH is 1. The summed E-state index contributed by atoms with van der Waals surface area (Å²) in [6, 6.07) is 9.08. The number of pyridine rings is 1. The molecular weight excluding hydrogens is 318 g/mol. The molecule has 1 amide bonds. The number of carbonyl (C=O) groups excluding carboxylic acids is 1. The number of carbonyl (C=O) groups is 1. The van der Waals surface area contributed by atoms with Crippen LogP contribution in [-0.4, -0.2) is 27.8 Å². The maximum Gasteiger partial charge on any atom is 0.258 e. The smallest absolute Gasteiger partial charge is 0.258 e. The van der Waals surface area contributed by atoms with Crippen molar-refractivity contribution in [2.75, 3.05) is 6.61 Å². The molecule has 3 aromatic rings. The van der Waals surface area contributed by atoms with Crippen LogP contribution in [0.15, 0.2) is 34.9 Å². The van der Waals surface area contributed by atoms with E-state index in [4.69, 9.17) is 4.52 Å². The van der Waals surface area contributed by atoms with Crippen molar-refractivity contribution < 1.29 is 14.4 Å². The number of benzene rings is 1. The summed E-state index contributed by atoms with van der Waals surface area (Å²) in [5, 5.41) is 17.1. The molecule has 0 saturated carbocycles. The molecule has 0 aliphatic heterocycles. The molecule has 1 aromatic carbocycles. The molecule has 0 bridgehead atoms. The normalized spacial score (nSPS) is 12.3. The molecule has 2 heterocycles. The molecule has 1 atom stereocenters. The van der Waals surface area contributed by atoms with Gasteiger partial charge < -0.3 is 14.9 Å². The Morgan fingerprint density at radius 1 is 1.28 bits per heavy atom. The highest BCUT2D eigenvalue weighted by atomic mass is 16.5. The van der Waals surface area contributed by atoms with Crippen LogP contribution in [0, 0.1) is 13.8 Å². The van der Waals surface area contributed by atoms with Gasteiger partial charge in [0.2, 0.25) is 0 Å². The summed E-state index contributed by atoms with van der Waals surface area (Å²) in [4.78, 5) is 17.1. The molecule has 6 nitrogen and oxygen atoms in total. The number of nitrogens with one attached hydrogen (secondary N) is 1. The first-order valence-electron chi connectivity index (χ1n) is 8.27. The van der Waals surface area contributed by atoms with Gasteiger partial charge in [-0.3, -0.25) is 4.79 Å². The van der Waals surface area contributed by atoms with Gasteiger partial charge in [-0.1, -0.05) is 36.3 Å². The number of amides is 1. The summed E-state index contributed by atoms with van der Waals surface area (Å²) in [6.07, 6.45) is 0.942. The van der Waals surface area contributed by atoms with E-state index in [2.05, 4.69) is 22.4 Å². The quantitative estimate of drug-likeness (QED) is 0.746. The van der Waals surface area contributed by atoms with Crippen LogP contribution in [0.5, 0.6) is 0 Å². The Bertz CT molecular complexity index is 900. The molecule has 6 heteroatoms. The monoisotopic (exact) mass is 339 g/mol. The lowest BCUT2D eigenvalue weighted by molar-refractivity contribution is 0.0917.